The summed E-state index contributed by atoms with van der Waals surface area (Å²) in [6, 6.07) is 8.07. The molecule has 0 bridgehead atoms. The molecule has 0 saturated carbocycles. The molecule has 3 heteroatoms. The van der Waals surface area contributed by atoms with Crippen LogP contribution in [0.15, 0.2) is 24.3 Å². The van der Waals surface area contributed by atoms with E-state index < -0.39 is 0 Å². The molecule has 1 fully saturated rings. The van der Waals surface area contributed by atoms with Crippen molar-refractivity contribution in [1.29, 1.82) is 0 Å². The Morgan fingerprint density at radius 3 is 3.00 bits per heavy atom. The van der Waals surface area contributed by atoms with Crippen LogP contribution in [-0.4, -0.2) is 25.8 Å². The van der Waals surface area contributed by atoms with Crippen LogP contribution in [0.5, 0.6) is 0 Å². The van der Waals surface area contributed by atoms with Gasteiger partial charge in [-0.05, 0) is 43.9 Å². The fourth-order valence-corrected chi connectivity index (χ4v) is 2.40. The first-order valence-corrected chi connectivity index (χ1v) is 6.80. The van der Waals surface area contributed by atoms with Gasteiger partial charge in [-0.25, -0.2) is 0 Å². The predicted molar refractivity (Wildman–Crippen MR) is 71.6 cm³/mol. The van der Waals surface area contributed by atoms with Crippen LogP contribution < -0.4 is 5.32 Å². The highest BCUT2D eigenvalue weighted by Crippen LogP contribution is 2.16. The van der Waals surface area contributed by atoms with E-state index >= 15 is 0 Å². The van der Waals surface area contributed by atoms with E-state index in [0.717, 1.165) is 37.6 Å². The number of halogens is 1. The van der Waals surface area contributed by atoms with Crippen LogP contribution >= 0.6 is 11.6 Å². The number of hydrogen-bond acceptors (Lipinski definition) is 2. The Balaban J connectivity index is 1.58. The third-order valence-corrected chi connectivity index (χ3v) is 3.52. The number of rotatable bonds is 6. The molecular formula is C14H20ClNO. The SMILES string of the molecule is Clc1ccccc1CCCNCC1CCCO1. The van der Waals surface area contributed by atoms with Crippen molar-refractivity contribution in [2.45, 2.75) is 31.8 Å². The van der Waals surface area contributed by atoms with Gasteiger partial charge in [0.25, 0.3) is 0 Å². The van der Waals surface area contributed by atoms with E-state index in [1.807, 2.05) is 18.2 Å². The molecule has 1 unspecified atom stereocenters. The van der Waals surface area contributed by atoms with Gasteiger partial charge in [0, 0.05) is 18.2 Å². The molecule has 1 atom stereocenters. The lowest BCUT2D eigenvalue weighted by Crippen LogP contribution is -2.27. The van der Waals surface area contributed by atoms with E-state index in [1.165, 1.54) is 18.4 Å². The van der Waals surface area contributed by atoms with Crippen molar-refractivity contribution in [2.24, 2.45) is 0 Å². The quantitative estimate of drug-likeness (QED) is 0.787. The molecule has 2 rings (SSSR count). The molecule has 0 amide bonds. The fourth-order valence-electron chi connectivity index (χ4n) is 2.17. The summed E-state index contributed by atoms with van der Waals surface area (Å²) < 4.78 is 5.55. The summed E-state index contributed by atoms with van der Waals surface area (Å²) >= 11 is 6.10. The number of nitrogens with one attached hydrogen (secondary N) is 1. The van der Waals surface area contributed by atoms with Crippen molar-refractivity contribution in [3.8, 4) is 0 Å². The lowest BCUT2D eigenvalue weighted by molar-refractivity contribution is 0.110. The van der Waals surface area contributed by atoms with Gasteiger partial charge in [-0.3, -0.25) is 0 Å². The Labute approximate surface area is 108 Å². The van der Waals surface area contributed by atoms with Gasteiger partial charge in [-0.1, -0.05) is 29.8 Å². The molecule has 0 aliphatic carbocycles. The molecule has 1 aliphatic heterocycles. The van der Waals surface area contributed by atoms with Gasteiger partial charge in [-0.2, -0.15) is 0 Å². The topological polar surface area (TPSA) is 21.3 Å². The first-order valence-electron chi connectivity index (χ1n) is 6.42. The van der Waals surface area contributed by atoms with Crippen LogP contribution in [0.4, 0.5) is 0 Å². The molecule has 1 saturated heterocycles. The lowest BCUT2D eigenvalue weighted by atomic mass is 10.1. The van der Waals surface area contributed by atoms with Crippen LogP contribution in [0.3, 0.4) is 0 Å². The Kier molecular flexibility index (Phi) is 5.30. The number of benzene rings is 1. The van der Waals surface area contributed by atoms with Crippen LogP contribution in [-0.2, 0) is 11.2 Å². The average Bonchev–Trinajstić information content (AvgIpc) is 2.84. The molecule has 0 aromatic heterocycles. The average molecular weight is 254 g/mol. The molecule has 1 heterocycles. The standard InChI is InChI=1S/C14H20ClNO/c15-14-8-2-1-5-12(14)6-3-9-16-11-13-7-4-10-17-13/h1-2,5,8,13,16H,3-4,6-7,9-11H2. The molecule has 1 aromatic carbocycles. The van der Waals surface area contributed by atoms with Gasteiger partial charge in [0.15, 0.2) is 0 Å². The van der Waals surface area contributed by atoms with Gasteiger partial charge in [0.1, 0.15) is 0 Å². The minimum atomic E-state index is 0.440. The fraction of sp³-hybridized carbons (Fsp3) is 0.571. The van der Waals surface area contributed by atoms with Crippen molar-refractivity contribution in [2.75, 3.05) is 19.7 Å². The Morgan fingerprint density at radius 2 is 2.24 bits per heavy atom. The summed E-state index contributed by atoms with van der Waals surface area (Å²) in [7, 11) is 0. The highest BCUT2D eigenvalue weighted by atomic mass is 35.5. The number of hydrogen-bond donors (Lipinski definition) is 1. The largest absolute Gasteiger partial charge is 0.377 e. The van der Waals surface area contributed by atoms with Gasteiger partial charge in [0.2, 0.25) is 0 Å². The zero-order chi connectivity index (χ0) is 11.9. The minimum absolute atomic E-state index is 0.440. The number of aryl methyl sites for hydroxylation is 1. The first-order chi connectivity index (χ1) is 8.36. The van der Waals surface area contributed by atoms with E-state index in [0.29, 0.717) is 6.10 Å². The molecule has 94 valence electrons. The Hall–Kier alpha value is -0.570. The van der Waals surface area contributed by atoms with Crippen LogP contribution in [0.1, 0.15) is 24.8 Å². The Bertz CT molecular complexity index is 337. The zero-order valence-corrected chi connectivity index (χ0v) is 10.9. The molecule has 2 nitrogen and oxygen atoms in total. The van der Waals surface area contributed by atoms with E-state index in [4.69, 9.17) is 16.3 Å². The summed E-state index contributed by atoms with van der Waals surface area (Å²) in [5.41, 5.74) is 1.24. The monoisotopic (exact) mass is 253 g/mol. The van der Waals surface area contributed by atoms with E-state index in [1.54, 1.807) is 0 Å². The van der Waals surface area contributed by atoms with Gasteiger partial charge in [-0.15, -0.1) is 0 Å². The van der Waals surface area contributed by atoms with Crippen molar-refractivity contribution in [1.82, 2.24) is 5.32 Å². The molecule has 1 aromatic rings. The van der Waals surface area contributed by atoms with Gasteiger partial charge in [0.05, 0.1) is 6.10 Å². The van der Waals surface area contributed by atoms with Crippen LogP contribution in [0, 0.1) is 0 Å². The Morgan fingerprint density at radius 1 is 1.35 bits per heavy atom. The van der Waals surface area contributed by atoms with E-state index in [9.17, 15) is 0 Å². The van der Waals surface area contributed by atoms with Crippen molar-refractivity contribution in [3.05, 3.63) is 34.9 Å². The molecule has 0 radical (unpaired) electrons. The summed E-state index contributed by atoms with van der Waals surface area (Å²) in [5.74, 6) is 0. The van der Waals surface area contributed by atoms with Gasteiger partial charge >= 0.3 is 0 Å². The maximum Gasteiger partial charge on any atom is 0.0700 e. The molecule has 0 spiro atoms. The normalized spacial score (nSPS) is 19.7. The van der Waals surface area contributed by atoms with Crippen molar-refractivity contribution in [3.63, 3.8) is 0 Å². The van der Waals surface area contributed by atoms with E-state index in [-0.39, 0.29) is 0 Å². The van der Waals surface area contributed by atoms with E-state index in [2.05, 4.69) is 11.4 Å². The summed E-state index contributed by atoms with van der Waals surface area (Å²) in [6.07, 6.45) is 5.02. The van der Waals surface area contributed by atoms with Gasteiger partial charge < -0.3 is 10.1 Å². The number of ether oxygens (including phenoxy) is 1. The highest BCUT2D eigenvalue weighted by Gasteiger charge is 2.14. The second-order valence-electron chi connectivity index (χ2n) is 4.53. The molecule has 17 heavy (non-hydrogen) atoms. The molecule has 1 N–H and O–H groups in total. The maximum atomic E-state index is 6.10. The van der Waals surface area contributed by atoms with Crippen LogP contribution in [0.2, 0.25) is 5.02 Å². The van der Waals surface area contributed by atoms with Crippen molar-refractivity contribution >= 4 is 11.6 Å². The van der Waals surface area contributed by atoms with Crippen molar-refractivity contribution < 1.29 is 4.74 Å². The summed E-state index contributed by atoms with van der Waals surface area (Å²) in [5, 5.41) is 4.33. The predicted octanol–water partition coefficient (Wildman–Crippen LogP) is 3.04. The first kappa shape index (κ1) is 12.9. The third kappa shape index (κ3) is 4.30. The summed E-state index contributed by atoms with van der Waals surface area (Å²) in [4.78, 5) is 0. The maximum absolute atomic E-state index is 6.10. The highest BCUT2D eigenvalue weighted by molar-refractivity contribution is 6.31. The zero-order valence-electron chi connectivity index (χ0n) is 10.1. The summed E-state index contributed by atoms with van der Waals surface area (Å²) in [6.45, 7) is 2.96. The second kappa shape index (κ2) is 7.00. The third-order valence-electron chi connectivity index (χ3n) is 3.15. The molecule has 1 aliphatic rings. The smallest absolute Gasteiger partial charge is 0.0700 e. The lowest BCUT2D eigenvalue weighted by Gasteiger charge is -2.10. The molecular weight excluding hydrogens is 234 g/mol. The van der Waals surface area contributed by atoms with Crippen LogP contribution in [0.25, 0.3) is 0 Å². The second-order valence-corrected chi connectivity index (χ2v) is 4.94. The minimum Gasteiger partial charge on any atom is -0.377 e.